The van der Waals surface area contributed by atoms with E-state index in [1.807, 2.05) is 43.0 Å². The minimum atomic E-state index is 0.131. The zero-order valence-corrected chi connectivity index (χ0v) is 19.6. The molecule has 0 aliphatic carbocycles. The predicted molar refractivity (Wildman–Crippen MR) is 122 cm³/mol. The van der Waals surface area contributed by atoms with E-state index in [9.17, 15) is 4.79 Å². The smallest absolute Gasteiger partial charge is 0.253 e. The lowest BCUT2D eigenvalue weighted by Gasteiger charge is -2.20. The van der Waals surface area contributed by atoms with Crippen LogP contribution in [-0.4, -0.2) is 49.2 Å². The van der Waals surface area contributed by atoms with Crippen molar-refractivity contribution in [2.75, 3.05) is 18.8 Å². The number of aromatic nitrogens is 4. The highest BCUT2D eigenvalue weighted by molar-refractivity contribution is 7.99. The van der Waals surface area contributed by atoms with Crippen LogP contribution in [0.25, 0.3) is 5.78 Å². The number of hydrogen-bond acceptors (Lipinski definition) is 5. The van der Waals surface area contributed by atoms with Crippen molar-refractivity contribution in [1.82, 2.24) is 24.5 Å². The Hall–Kier alpha value is -2.12. The SMILES string of the molecule is CCCN(CCC)C(=O)CSc1nc2nc(C)c(Cc3ccc(Cl)cc3)c(C)n2n1. The van der Waals surface area contributed by atoms with Crippen LogP contribution in [0.5, 0.6) is 0 Å². The number of aryl methyl sites for hydroxylation is 2. The van der Waals surface area contributed by atoms with Crippen LogP contribution < -0.4 is 0 Å². The first-order valence-electron chi connectivity index (χ1n) is 10.3. The van der Waals surface area contributed by atoms with Gasteiger partial charge in [0.1, 0.15) is 0 Å². The third kappa shape index (κ3) is 5.32. The maximum absolute atomic E-state index is 12.5. The molecule has 1 amide bonds. The Kier molecular flexibility index (Phi) is 7.72. The van der Waals surface area contributed by atoms with Gasteiger partial charge in [-0.15, -0.1) is 5.10 Å². The monoisotopic (exact) mass is 445 g/mol. The number of thioether (sulfide) groups is 1. The lowest BCUT2D eigenvalue weighted by Crippen LogP contribution is -2.33. The van der Waals surface area contributed by atoms with Gasteiger partial charge >= 0.3 is 0 Å². The van der Waals surface area contributed by atoms with E-state index in [0.717, 1.165) is 54.3 Å². The molecule has 0 N–H and O–H groups in total. The molecule has 2 heterocycles. The molecular weight excluding hydrogens is 418 g/mol. The van der Waals surface area contributed by atoms with Crippen LogP contribution in [0.15, 0.2) is 29.4 Å². The number of benzene rings is 1. The average Bonchev–Trinajstić information content (AvgIpc) is 3.13. The van der Waals surface area contributed by atoms with Crippen LogP contribution in [0.1, 0.15) is 49.2 Å². The number of carbonyl (C=O) groups is 1. The van der Waals surface area contributed by atoms with E-state index in [-0.39, 0.29) is 5.91 Å². The molecule has 0 fully saturated rings. The van der Waals surface area contributed by atoms with E-state index in [1.165, 1.54) is 17.3 Å². The van der Waals surface area contributed by atoms with Crippen molar-refractivity contribution in [3.63, 3.8) is 0 Å². The van der Waals surface area contributed by atoms with Gasteiger partial charge in [0, 0.05) is 35.9 Å². The summed E-state index contributed by atoms with van der Waals surface area (Å²) in [5, 5.41) is 5.91. The number of hydrogen-bond donors (Lipinski definition) is 0. The van der Waals surface area contributed by atoms with Gasteiger partial charge in [0.25, 0.3) is 5.78 Å². The fraction of sp³-hybridized carbons (Fsp3) is 0.455. The Morgan fingerprint density at radius 1 is 1.10 bits per heavy atom. The Morgan fingerprint density at radius 3 is 2.40 bits per heavy atom. The van der Waals surface area contributed by atoms with Gasteiger partial charge in [0.15, 0.2) is 0 Å². The van der Waals surface area contributed by atoms with E-state index < -0.39 is 0 Å². The van der Waals surface area contributed by atoms with E-state index in [2.05, 4.69) is 28.9 Å². The molecule has 0 bridgehead atoms. The minimum Gasteiger partial charge on any atom is -0.342 e. The highest BCUT2D eigenvalue weighted by Crippen LogP contribution is 2.21. The van der Waals surface area contributed by atoms with Crippen molar-refractivity contribution < 1.29 is 4.79 Å². The van der Waals surface area contributed by atoms with E-state index in [1.54, 1.807) is 4.52 Å². The van der Waals surface area contributed by atoms with Crippen molar-refractivity contribution in [2.45, 2.75) is 52.1 Å². The first-order valence-corrected chi connectivity index (χ1v) is 11.7. The molecule has 3 aromatic rings. The van der Waals surface area contributed by atoms with Crippen LogP contribution >= 0.6 is 23.4 Å². The fourth-order valence-corrected chi connectivity index (χ4v) is 4.28. The van der Waals surface area contributed by atoms with Gasteiger partial charge in [-0.25, -0.2) is 9.50 Å². The summed E-state index contributed by atoms with van der Waals surface area (Å²) in [4.78, 5) is 23.6. The summed E-state index contributed by atoms with van der Waals surface area (Å²) in [5.41, 5.74) is 4.24. The summed E-state index contributed by atoms with van der Waals surface area (Å²) < 4.78 is 1.78. The van der Waals surface area contributed by atoms with E-state index in [4.69, 9.17) is 11.6 Å². The van der Waals surface area contributed by atoms with E-state index >= 15 is 0 Å². The Bertz CT molecular complexity index is 1010. The van der Waals surface area contributed by atoms with Gasteiger partial charge in [-0.1, -0.05) is 49.3 Å². The standard InChI is InChI=1S/C22H28ClN5OS/c1-5-11-27(12-6-2)20(29)14-30-22-25-21-24-15(3)19(16(4)28(21)26-22)13-17-7-9-18(23)10-8-17/h7-10H,5-6,11-14H2,1-4H3. The maximum atomic E-state index is 12.5. The Labute approximate surface area is 187 Å². The zero-order chi connectivity index (χ0) is 21.7. The first kappa shape index (κ1) is 22.6. The van der Waals surface area contributed by atoms with Gasteiger partial charge in [0.05, 0.1) is 5.75 Å². The number of rotatable bonds is 9. The quantitative estimate of drug-likeness (QED) is 0.445. The van der Waals surface area contributed by atoms with Crippen molar-refractivity contribution in [2.24, 2.45) is 0 Å². The summed E-state index contributed by atoms with van der Waals surface area (Å²) in [6.07, 6.45) is 2.67. The van der Waals surface area contributed by atoms with Crippen LogP contribution in [0, 0.1) is 13.8 Å². The second-order valence-corrected chi connectivity index (χ2v) is 8.72. The molecule has 0 saturated carbocycles. The zero-order valence-electron chi connectivity index (χ0n) is 18.0. The van der Waals surface area contributed by atoms with E-state index in [0.29, 0.717) is 16.7 Å². The lowest BCUT2D eigenvalue weighted by atomic mass is 10.0. The number of nitrogens with zero attached hydrogens (tertiary/aromatic N) is 5. The van der Waals surface area contributed by atoms with Crippen LogP contribution in [0.2, 0.25) is 5.02 Å². The molecule has 0 atom stereocenters. The van der Waals surface area contributed by atoms with Gasteiger partial charge < -0.3 is 4.90 Å². The Balaban J connectivity index is 1.78. The molecule has 8 heteroatoms. The predicted octanol–water partition coefficient (Wildman–Crippen LogP) is 4.73. The van der Waals surface area contributed by atoms with Gasteiger partial charge in [0.2, 0.25) is 11.1 Å². The number of halogens is 1. The molecule has 160 valence electrons. The Morgan fingerprint density at radius 2 is 1.77 bits per heavy atom. The molecule has 0 spiro atoms. The van der Waals surface area contributed by atoms with Gasteiger partial charge in [-0.05, 0) is 49.9 Å². The molecule has 0 unspecified atom stereocenters. The number of carbonyl (C=O) groups excluding carboxylic acids is 1. The van der Waals surface area contributed by atoms with Gasteiger partial charge in [-0.2, -0.15) is 4.98 Å². The van der Waals surface area contributed by atoms with Crippen molar-refractivity contribution in [3.8, 4) is 0 Å². The van der Waals surface area contributed by atoms with Crippen molar-refractivity contribution >= 4 is 35.0 Å². The summed E-state index contributed by atoms with van der Waals surface area (Å²) in [5.74, 6) is 1.04. The van der Waals surface area contributed by atoms with Gasteiger partial charge in [-0.3, -0.25) is 4.79 Å². The minimum absolute atomic E-state index is 0.131. The molecular formula is C22H28ClN5OS. The van der Waals surface area contributed by atoms with Crippen LogP contribution in [0.3, 0.4) is 0 Å². The summed E-state index contributed by atoms with van der Waals surface area (Å²) in [6.45, 7) is 9.79. The highest BCUT2D eigenvalue weighted by Gasteiger charge is 2.17. The molecule has 3 rings (SSSR count). The molecule has 0 saturated heterocycles. The lowest BCUT2D eigenvalue weighted by molar-refractivity contribution is -0.128. The molecule has 6 nitrogen and oxygen atoms in total. The fourth-order valence-electron chi connectivity index (χ4n) is 3.43. The normalized spacial score (nSPS) is 11.2. The van der Waals surface area contributed by atoms with Crippen molar-refractivity contribution in [1.29, 1.82) is 0 Å². The summed E-state index contributed by atoms with van der Waals surface area (Å²) in [6, 6.07) is 7.85. The summed E-state index contributed by atoms with van der Waals surface area (Å²) >= 11 is 7.37. The largest absolute Gasteiger partial charge is 0.342 e. The average molecular weight is 446 g/mol. The first-order chi connectivity index (χ1) is 14.4. The molecule has 30 heavy (non-hydrogen) atoms. The third-order valence-corrected chi connectivity index (χ3v) is 6.06. The molecule has 0 radical (unpaired) electrons. The third-order valence-electron chi connectivity index (χ3n) is 4.99. The van der Waals surface area contributed by atoms with Crippen LogP contribution in [-0.2, 0) is 11.2 Å². The second kappa shape index (κ2) is 10.3. The topological polar surface area (TPSA) is 63.4 Å². The molecule has 0 aliphatic rings. The molecule has 2 aromatic heterocycles. The van der Waals surface area contributed by atoms with Crippen LogP contribution in [0.4, 0.5) is 0 Å². The second-order valence-electron chi connectivity index (χ2n) is 7.34. The molecule has 1 aromatic carbocycles. The number of fused-ring (bicyclic) bond motifs is 1. The summed E-state index contributed by atoms with van der Waals surface area (Å²) in [7, 11) is 0. The maximum Gasteiger partial charge on any atom is 0.253 e. The molecule has 0 aliphatic heterocycles. The number of amides is 1. The van der Waals surface area contributed by atoms with Crippen molar-refractivity contribution in [3.05, 3.63) is 51.8 Å². The highest BCUT2D eigenvalue weighted by atomic mass is 35.5.